The maximum Gasteiger partial charge on any atom is 0.247 e. The molecule has 20 heavy (non-hydrogen) atoms. The highest BCUT2D eigenvalue weighted by Gasteiger charge is 2.08. The maximum atomic E-state index is 11.8. The number of nitrogens with zero attached hydrogens (tertiary/aromatic N) is 2. The fraction of sp³-hybridized carbons (Fsp3) is 0.0714. The minimum Gasteiger partial charge on any atom is -0.485 e. The average Bonchev–Trinajstić information content (AvgIpc) is 3.18. The van der Waals surface area contributed by atoms with Gasteiger partial charge in [0.05, 0.1) is 4.88 Å². The fourth-order valence-electron chi connectivity index (χ4n) is 1.65. The Hall–Kier alpha value is -2.47. The van der Waals surface area contributed by atoms with Crippen LogP contribution in [0.15, 0.2) is 52.6 Å². The van der Waals surface area contributed by atoms with Crippen molar-refractivity contribution in [2.24, 2.45) is 0 Å². The van der Waals surface area contributed by atoms with Crippen molar-refractivity contribution >= 4 is 17.1 Å². The lowest BCUT2D eigenvalue weighted by atomic mass is 10.2. The molecule has 0 amide bonds. The van der Waals surface area contributed by atoms with E-state index in [1.165, 1.54) is 17.7 Å². The van der Waals surface area contributed by atoms with E-state index in [4.69, 9.17) is 9.15 Å². The summed E-state index contributed by atoms with van der Waals surface area (Å²) >= 11 is 1.41. The summed E-state index contributed by atoms with van der Waals surface area (Å²) in [5.41, 5.74) is 0.805. The normalized spacial score (nSPS) is 10.4. The fourth-order valence-corrected chi connectivity index (χ4v) is 2.30. The van der Waals surface area contributed by atoms with Gasteiger partial charge in [0.25, 0.3) is 0 Å². The highest BCUT2D eigenvalue weighted by atomic mass is 32.1. The number of Topliss-reactive ketones (excluding diaryl/α,β-unsaturated/α-hetero) is 1. The standard InChI is InChI=1S/C14H10N2O3S/c17-12(13-2-1-7-20-13)8-18-11-5-3-10(4-6-11)14-16-15-9-19-14/h1-7,9H,8H2. The molecule has 0 aliphatic heterocycles. The Bertz CT molecular complexity index is 676. The molecule has 2 aromatic heterocycles. The molecule has 3 rings (SSSR count). The smallest absolute Gasteiger partial charge is 0.247 e. The Balaban J connectivity index is 1.63. The van der Waals surface area contributed by atoms with Crippen LogP contribution in [0.5, 0.6) is 5.75 Å². The van der Waals surface area contributed by atoms with Crippen molar-refractivity contribution < 1.29 is 13.9 Å². The van der Waals surface area contributed by atoms with E-state index >= 15 is 0 Å². The number of hydrogen-bond acceptors (Lipinski definition) is 6. The zero-order valence-electron chi connectivity index (χ0n) is 10.4. The summed E-state index contributed by atoms with van der Waals surface area (Å²) in [7, 11) is 0. The number of carbonyl (C=O) groups excluding carboxylic acids is 1. The predicted octanol–water partition coefficient (Wildman–Crippen LogP) is 3.06. The van der Waals surface area contributed by atoms with Crippen LogP contribution in [0.25, 0.3) is 11.5 Å². The molecule has 0 unspecified atom stereocenters. The molecule has 0 aliphatic rings. The van der Waals surface area contributed by atoms with Crippen molar-refractivity contribution in [2.75, 3.05) is 6.61 Å². The molecule has 5 nitrogen and oxygen atoms in total. The van der Waals surface area contributed by atoms with E-state index in [2.05, 4.69) is 10.2 Å². The average molecular weight is 286 g/mol. The predicted molar refractivity (Wildman–Crippen MR) is 73.9 cm³/mol. The second-order valence-corrected chi connectivity index (χ2v) is 4.91. The van der Waals surface area contributed by atoms with Gasteiger partial charge in [-0.2, -0.15) is 0 Å². The lowest BCUT2D eigenvalue weighted by Gasteiger charge is -2.04. The molecule has 3 aromatic rings. The first-order chi connectivity index (χ1) is 9.83. The second kappa shape index (κ2) is 5.66. The van der Waals surface area contributed by atoms with Gasteiger partial charge < -0.3 is 9.15 Å². The summed E-state index contributed by atoms with van der Waals surface area (Å²) in [6.45, 7) is 0.0282. The summed E-state index contributed by atoms with van der Waals surface area (Å²) < 4.78 is 10.5. The molecular weight excluding hydrogens is 276 g/mol. The highest BCUT2D eigenvalue weighted by molar-refractivity contribution is 7.12. The first kappa shape index (κ1) is 12.6. The summed E-state index contributed by atoms with van der Waals surface area (Å²) in [6, 6.07) is 10.8. The first-order valence-corrected chi connectivity index (χ1v) is 6.77. The maximum absolute atomic E-state index is 11.8. The van der Waals surface area contributed by atoms with E-state index in [9.17, 15) is 4.79 Å². The molecule has 0 bridgehead atoms. The molecule has 100 valence electrons. The summed E-state index contributed by atoms with van der Waals surface area (Å²) in [6.07, 6.45) is 1.28. The number of ketones is 1. The molecule has 0 spiro atoms. The Morgan fingerprint density at radius 1 is 1.25 bits per heavy atom. The molecule has 0 radical (unpaired) electrons. The van der Waals surface area contributed by atoms with Crippen molar-refractivity contribution in [1.82, 2.24) is 10.2 Å². The van der Waals surface area contributed by atoms with Crippen molar-refractivity contribution in [2.45, 2.75) is 0 Å². The lowest BCUT2D eigenvalue weighted by molar-refractivity contribution is 0.0925. The van der Waals surface area contributed by atoms with E-state index in [-0.39, 0.29) is 12.4 Å². The number of hydrogen-bond donors (Lipinski definition) is 0. The number of ether oxygens (including phenoxy) is 1. The lowest BCUT2D eigenvalue weighted by Crippen LogP contribution is -2.09. The number of carbonyl (C=O) groups is 1. The Morgan fingerprint density at radius 2 is 2.10 bits per heavy atom. The largest absolute Gasteiger partial charge is 0.485 e. The topological polar surface area (TPSA) is 65.2 Å². The zero-order valence-corrected chi connectivity index (χ0v) is 11.2. The number of rotatable bonds is 5. The highest BCUT2D eigenvalue weighted by Crippen LogP contribution is 2.20. The molecule has 0 atom stereocenters. The van der Waals surface area contributed by atoms with Crippen LogP contribution in [-0.4, -0.2) is 22.6 Å². The van der Waals surface area contributed by atoms with Crippen molar-refractivity contribution in [3.8, 4) is 17.2 Å². The molecule has 0 saturated carbocycles. The van der Waals surface area contributed by atoms with E-state index in [1.54, 1.807) is 30.3 Å². The number of benzene rings is 1. The van der Waals surface area contributed by atoms with Gasteiger partial charge in [-0.1, -0.05) is 6.07 Å². The minimum atomic E-state index is -0.0269. The van der Waals surface area contributed by atoms with Crippen molar-refractivity contribution in [3.05, 3.63) is 53.0 Å². The van der Waals surface area contributed by atoms with Gasteiger partial charge in [-0.05, 0) is 35.7 Å². The van der Waals surface area contributed by atoms with Gasteiger partial charge in [-0.3, -0.25) is 4.79 Å². The third kappa shape index (κ3) is 2.75. The van der Waals surface area contributed by atoms with E-state index in [1.807, 2.05) is 11.4 Å². The van der Waals surface area contributed by atoms with Crippen LogP contribution in [0.3, 0.4) is 0 Å². The van der Waals surface area contributed by atoms with E-state index in [0.29, 0.717) is 16.5 Å². The van der Waals surface area contributed by atoms with Gasteiger partial charge in [0.15, 0.2) is 6.61 Å². The van der Waals surface area contributed by atoms with Gasteiger partial charge in [0.1, 0.15) is 5.75 Å². The van der Waals surface area contributed by atoms with Crippen LogP contribution < -0.4 is 4.74 Å². The van der Waals surface area contributed by atoms with Crippen LogP contribution in [0, 0.1) is 0 Å². The van der Waals surface area contributed by atoms with Crippen LogP contribution in [0.1, 0.15) is 9.67 Å². The second-order valence-electron chi connectivity index (χ2n) is 3.96. The van der Waals surface area contributed by atoms with Crippen LogP contribution in [-0.2, 0) is 0 Å². The van der Waals surface area contributed by atoms with E-state index in [0.717, 1.165) is 5.56 Å². The van der Waals surface area contributed by atoms with Crippen molar-refractivity contribution in [1.29, 1.82) is 0 Å². The molecule has 0 N–H and O–H groups in total. The molecule has 0 saturated heterocycles. The van der Waals surface area contributed by atoms with Crippen LogP contribution in [0.2, 0.25) is 0 Å². The molecule has 0 aliphatic carbocycles. The molecule has 6 heteroatoms. The number of aromatic nitrogens is 2. The Kier molecular flexibility index (Phi) is 3.56. The van der Waals surface area contributed by atoms with Crippen LogP contribution in [0.4, 0.5) is 0 Å². The van der Waals surface area contributed by atoms with E-state index < -0.39 is 0 Å². The van der Waals surface area contributed by atoms with Crippen LogP contribution >= 0.6 is 11.3 Å². The van der Waals surface area contributed by atoms with Gasteiger partial charge in [-0.25, -0.2) is 0 Å². The molecule has 0 fully saturated rings. The monoisotopic (exact) mass is 286 g/mol. The molecule has 1 aromatic carbocycles. The SMILES string of the molecule is O=C(COc1ccc(-c2nnco2)cc1)c1cccs1. The van der Waals surface area contributed by atoms with Gasteiger partial charge in [0.2, 0.25) is 18.1 Å². The quantitative estimate of drug-likeness (QED) is 0.674. The van der Waals surface area contributed by atoms with Crippen molar-refractivity contribution in [3.63, 3.8) is 0 Å². The zero-order chi connectivity index (χ0) is 13.8. The summed E-state index contributed by atoms with van der Waals surface area (Å²) in [5.74, 6) is 1.05. The van der Waals surface area contributed by atoms with Gasteiger partial charge in [0, 0.05) is 5.56 Å². The third-order valence-electron chi connectivity index (χ3n) is 2.63. The van der Waals surface area contributed by atoms with Gasteiger partial charge in [-0.15, -0.1) is 21.5 Å². The Morgan fingerprint density at radius 3 is 2.75 bits per heavy atom. The van der Waals surface area contributed by atoms with Gasteiger partial charge >= 0.3 is 0 Å². The first-order valence-electron chi connectivity index (χ1n) is 5.89. The minimum absolute atomic E-state index is 0.0269. The molecular formula is C14H10N2O3S. The summed E-state index contributed by atoms with van der Waals surface area (Å²) in [5, 5.41) is 9.30. The third-order valence-corrected chi connectivity index (χ3v) is 3.54. The summed E-state index contributed by atoms with van der Waals surface area (Å²) in [4.78, 5) is 12.5. The number of thiophene rings is 1. The molecule has 2 heterocycles. The Labute approximate surface area is 118 Å².